The molecule has 2 aromatic heterocycles. The van der Waals surface area contributed by atoms with Crippen LogP contribution in [0.1, 0.15) is 37.2 Å². The van der Waals surface area contributed by atoms with Gasteiger partial charge in [0.25, 0.3) is 0 Å². The number of thioether (sulfide) groups is 1. The van der Waals surface area contributed by atoms with Crippen molar-refractivity contribution in [1.29, 1.82) is 5.26 Å². The number of aromatic nitrogens is 3. The summed E-state index contributed by atoms with van der Waals surface area (Å²) in [5.74, 6) is 0.513. The van der Waals surface area contributed by atoms with E-state index in [1.165, 1.54) is 18.7 Å². The zero-order chi connectivity index (χ0) is 28.5. The van der Waals surface area contributed by atoms with Crippen LogP contribution in [0, 0.1) is 11.3 Å². The Morgan fingerprint density at radius 3 is 2.38 bits per heavy atom. The van der Waals surface area contributed by atoms with Gasteiger partial charge in [-0.1, -0.05) is 30.0 Å². The van der Waals surface area contributed by atoms with E-state index in [0.717, 1.165) is 11.4 Å². The van der Waals surface area contributed by atoms with Crippen molar-refractivity contribution >= 4 is 47.5 Å². The average Bonchev–Trinajstić information content (AvgIpc) is 2.90. The van der Waals surface area contributed by atoms with Crippen molar-refractivity contribution in [2.75, 3.05) is 38.7 Å². The first-order chi connectivity index (χ1) is 18.6. The Bertz CT molecular complexity index is 1360. The number of nitrogens with zero attached hydrogens (tertiary/aromatic N) is 6. The van der Waals surface area contributed by atoms with Crippen LogP contribution in [0.5, 0.6) is 0 Å². The molecular weight excluding hydrogens is 548 g/mol. The number of amides is 2. The second-order valence-corrected chi connectivity index (χ2v) is 10.4. The number of anilines is 2. The molecule has 3 rings (SSSR count). The summed E-state index contributed by atoms with van der Waals surface area (Å²) in [7, 11) is 5.83. The number of carbonyl (C=O) groups excluding carboxylic acids is 2. The van der Waals surface area contributed by atoms with E-state index in [4.69, 9.17) is 10.7 Å². The first-order valence-electron chi connectivity index (χ1n) is 12.5. The maximum absolute atomic E-state index is 12.6. The van der Waals surface area contributed by atoms with E-state index in [-0.39, 0.29) is 41.6 Å². The Hall–Kier alpha value is -3.72. The summed E-state index contributed by atoms with van der Waals surface area (Å²) in [6, 6.07) is 15.2. The average molecular weight is 583 g/mol. The van der Waals surface area contributed by atoms with Crippen molar-refractivity contribution in [2.45, 2.75) is 43.6 Å². The highest BCUT2D eigenvalue weighted by atomic mass is 35.5. The minimum atomic E-state index is -0.170. The van der Waals surface area contributed by atoms with Crippen LogP contribution in [0.3, 0.4) is 0 Å². The van der Waals surface area contributed by atoms with Crippen molar-refractivity contribution in [3.8, 4) is 17.3 Å². The Kier molecular flexibility index (Phi) is 12.3. The molecule has 2 heterocycles. The van der Waals surface area contributed by atoms with E-state index in [2.05, 4.69) is 33.2 Å². The van der Waals surface area contributed by atoms with Crippen LogP contribution in [0.4, 0.5) is 11.5 Å². The summed E-state index contributed by atoms with van der Waals surface area (Å²) in [5.41, 5.74) is 9.72. The maximum Gasteiger partial charge on any atom is 0.222 e. The number of hydrogen-bond acceptors (Lipinski definition) is 9. The Labute approximate surface area is 245 Å². The lowest BCUT2D eigenvalue weighted by atomic mass is 10.1. The van der Waals surface area contributed by atoms with Gasteiger partial charge in [0, 0.05) is 55.7 Å². The van der Waals surface area contributed by atoms with Crippen molar-refractivity contribution in [1.82, 2.24) is 24.8 Å². The largest absolute Gasteiger partial charge is 0.382 e. The van der Waals surface area contributed by atoms with E-state index in [1.807, 2.05) is 39.3 Å². The fourth-order valence-electron chi connectivity index (χ4n) is 3.73. The summed E-state index contributed by atoms with van der Waals surface area (Å²) in [4.78, 5) is 41.3. The third-order valence-corrected chi connectivity index (χ3v) is 7.04. The molecule has 12 heteroatoms. The molecule has 2 amide bonds. The van der Waals surface area contributed by atoms with E-state index in [0.29, 0.717) is 47.2 Å². The SMILES string of the molecule is CC(=O)Nc1ccc(-c2nc(SCc3cccc(CCC(=O)N(C)CC(C)N(C)C)n3)nc(N)c2C#N)cc1.Cl. The van der Waals surface area contributed by atoms with Crippen LogP contribution in [-0.4, -0.2) is 70.3 Å². The zero-order valence-electron chi connectivity index (χ0n) is 23.3. The zero-order valence-corrected chi connectivity index (χ0v) is 25.0. The Balaban J connectivity index is 0.00000560. The van der Waals surface area contributed by atoms with Gasteiger partial charge in [-0.2, -0.15) is 5.26 Å². The molecule has 1 unspecified atom stereocenters. The second kappa shape index (κ2) is 15.2. The number of rotatable bonds is 11. The topological polar surface area (TPSA) is 141 Å². The first kappa shape index (κ1) is 32.5. The number of aryl methyl sites for hydroxylation is 1. The summed E-state index contributed by atoms with van der Waals surface area (Å²) >= 11 is 1.36. The fourth-order valence-corrected chi connectivity index (χ4v) is 4.49. The third kappa shape index (κ3) is 9.19. The van der Waals surface area contributed by atoms with Gasteiger partial charge in [-0.05, 0) is 51.7 Å². The van der Waals surface area contributed by atoms with Crippen molar-refractivity contribution in [3.05, 3.63) is 59.4 Å². The van der Waals surface area contributed by atoms with Crippen LogP contribution in [0.25, 0.3) is 11.3 Å². The highest BCUT2D eigenvalue weighted by molar-refractivity contribution is 7.98. The second-order valence-electron chi connectivity index (χ2n) is 9.48. The fraction of sp³-hybridized carbons (Fsp3) is 0.357. The third-order valence-electron chi connectivity index (χ3n) is 6.16. The number of pyridine rings is 1. The Morgan fingerprint density at radius 1 is 1.07 bits per heavy atom. The lowest BCUT2D eigenvalue weighted by molar-refractivity contribution is -0.130. The minimum Gasteiger partial charge on any atom is -0.382 e. The first-order valence-corrected chi connectivity index (χ1v) is 13.5. The molecule has 0 saturated heterocycles. The van der Waals surface area contributed by atoms with Gasteiger partial charge < -0.3 is 20.9 Å². The molecule has 0 aliphatic heterocycles. The molecule has 0 fully saturated rings. The molecule has 3 aromatic rings. The molecule has 0 bridgehead atoms. The van der Waals surface area contributed by atoms with Crippen molar-refractivity contribution in [2.24, 2.45) is 0 Å². The van der Waals surface area contributed by atoms with E-state index >= 15 is 0 Å². The van der Waals surface area contributed by atoms with E-state index < -0.39 is 0 Å². The van der Waals surface area contributed by atoms with Crippen LogP contribution >= 0.6 is 24.2 Å². The number of benzene rings is 1. The van der Waals surface area contributed by atoms with Crippen LogP contribution < -0.4 is 11.1 Å². The quantitative estimate of drug-likeness (QED) is 0.253. The molecular formula is C28H35ClN8O2S. The number of likely N-dealkylation sites (N-methyl/N-ethyl adjacent to an activating group) is 2. The van der Waals surface area contributed by atoms with Gasteiger partial charge in [0.2, 0.25) is 11.8 Å². The van der Waals surface area contributed by atoms with E-state index in [9.17, 15) is 14.9 Å². The smallest absolute Gasteiger partial charge is 0.222 e. The number of hydrogen-bond donors (Lipinski definition) is 2. The lowest BCUT2D eigenvalue weighted by Crippen LogP contribution is -2.39. The van der Waals surface area contributed by atoms with Gasteiger partial charge in [0.15, 0.2) is 5.16 Å². The number of nitrogen functional groups attached to an aromatic ring is 1. The number of nitriles is 1. The van der Waals surface area contributed by atoms with Crippen LogP contribution in [0.2, 0.25) is 0 Å². The highest BCUT2D eigenvalue weighted by Crippen LogP contribution is 2.29. The normalized spacial score (nSPS) is 11.3. The molecule has 1 aromatic carbocycles. The standard InChI is InChI=1S/C28H34N8O2S.ClH/c1-18(35(3)4)16-36(5)25(38)14-13-21-7-6-8-23(32-21)17-39-28-33-26(24(15-29)27(30)34-28)20-9-11-22(12-10-20)31-19(2)37;/h6-12,18H,13-14,16-17H2,1-5H3,(H,31,37)(H2,30,33,34);1H. The molecule has 0 radical (unpaired) electrons. The Morgan fingerprint density at radius 2 is 1.75 bits per heavy atom. The number of nitrogens with two attached hydrogens (primary N) is 1. The van der Waals surface area contributed by atoms with Crippen molar-refractivity contribution in [3.63, 3.8) is 0 Å². The molecule has 3 N–H and O–H groups in total. The molecule has 10 nitrogen and oxygen atoms in total. The molecule has 212 valence electrons. The van der Waals surface area contributed by atoms with Gasteiger partial charge in [-0.25, -0.2) is 9.97 Å². The van der Waals surface area contributed by atoms with Crippen molar-refractivity contribution < 1.29 is 9.59 Å². The van der Waals surface area contributed by atoms with Crippen LogP contribution in [-0.2, 0) is 21.8 Å². The number of nitrogens with one attached hydrogen (secondary N) is 1. The van der Waals surface area contributed by atoms with Gasteiger partial charge in [0.05, 0.1) is 11.4 Å². The summed E-state index contributed by atoms with van der Waals surface area (Å²) < 4.78 is 0. The van der Waals surface area contributed by atoms with E-state index in [1.54, 1.807) is 29.2 Å². The summed E-state index contributed by atoms with van der Waals surface area (Å²) in [6.45, 7) is 4.20. The predicted molar refractivity (Wildman–Crippen MR) is 161 cm³/mol. The lowest BCUT2D eigenvalue weighted by Gasteiger charge is -2.26. The van der Waals surface area contributed by atoms with Gasteiger partial charge in [-0.15, -0.1) is 12.4 Å². The van der Waals surface area contributed by atoms with Gasteiger partial charge in [-0.3, -0.25) is 14.6 Å². The minimum absolute atomic E-state index is 0. The molecule has 0 aliphatic rings. The number of halogens is 1. The monoisotopic (exact) mass is 582 g/mol. The van der Waals surface area contributed by atoms with Crippen LogP contribution in [0.15, 0.2) is 47.6 Å². The molecule has 1 atom stereocenters. The summed E-state index contributed by atoms with van der Waals surface area (Å²) in [5, 5.41) is 12.8. The molecule has 40 heavy (non-hydrogen) atoms. The van der Waals surface area contributed by atoms with Gasteiger partial charge in [0.1, 0.15) is 17.5 Å². The molecule has 0 saturated carbocycles. The maximum atomic E-state index is 12.6. The molecule has 0 spiro atoms. The highest BCUT2D eigenvalue weighted by Gasteiger charge is 2.16. The number of carbonyl (C=O) groups is 2. The van der Waals surface area contributed by atoms with Gasteiger partial charge >= 0.3 is 0 Å². The summed E-state index contributed by atoms with van der Waals surface area (Å²) in [6.07, 6.45) is 0.941. The predicted octanol–water partition coefficient (Wildman–Crippen LogP) is 4.01. The molecule has 0 aliphatic carbocycles.